The van der Waals surface area contributed by atoms with Crippen molar-refractivity contribution in [1.82, 2.24) is 4.31 Å². The van der Waals surface area contributed by atoms with Gasteiger partial charge in [0, 0.05) is 17.3 Å². The van der Waals surface area contributed by atoms with Crippen LogP contribution in [-0.4, -0.2) is 37.2 Å². The second kappa shape index (κ2) is 7.79. The summed E-state index contributed by atoms with van der Waals surface area (Å²) < 4.78 is 38.0. The van der Waals surface area contributed by atoms with Gasteiger partial charge in [0.2, 0.25) is 0 Å². The summed E-state index contributed by atoms with van der Waals surface area (Å²) in [5.74, 6) is 1.09. The number of hydrogen-bond acceptors (Lipinski definition) is 6. The number of nitrogens with zero attached hydrogens (tertiary/aromatic N) is 1. The molecule has 0 unspecified atom stereocenters. The molecule has 0 aromatic heterocycles. The number of fused-ring (bicyclic) bond motifs is 5. The topological polar surface area (TPSA) is 90.0 Å². The van der Waals surface area contributed by atoms with Crippen LogP contribution in [0.25, 0.3) is 0 Å². The van der Waals surface area contributed by atoms with Crippen molar-refractivity contribution in [2.24, 2.45) is 33.5 Å². The largest absolute Gasteiger partial charge is 0.444 e. The monoisotopic (exact) mass is 515 g/mol. The number of carbonyl (C=O) groups is 2. The first-order chi connectivity index (χ1) is 16.9. The highest BCUT2D eigenvalue weighted by Crippen LogP contribution is 2.73. The lowest BCUT2D eigenvalue weighted by Gasteiger charge is -2.67. The first kappa shape index (κ1) is 24.4. The number of benzene rings is 1. The average molecular weight is 516 g/mol. The lowest BCUT2D eigenvalue weighted by molar-refractivity contribution is -0.184. The van der Waals surface area contributed by atoms with Crippen LogP contribution in [0, 0.1) is 33.5 Å². The number of carbonyl (C=O) groups excluding carboxylic acids is 2. The van der Waals surface area contributed by atoms with Crippen molar-refractivity contribution in [2.45, 2.75) is 84.8 Å². The highest BCUT2D eigenvalue weighted by atomic mass is 32.2. The van der Waals surface area contributed by atoms with Crippen molar-refractivity contribution >= 4 is 22.2 Å². The maximum absolute atomic E-state index is 13.2. The predicted molar refractivity (Wildman–Crippen MR) is 133 cm³/mol. The summed E-state index contributed by atoms with van der Waals surface area (Å²) in [5.41, 5.74) is 0.193. The van der Waals surface area contributed by atoms with Crippen LogP contribution >= 0.6 is 0 Å². The van der Waals surface area contributed by atoms with Crippen molar-refractivity contribution in [3.05, 3.63) is 35.9 Å². The quantitative estimate of drug-likeness (QED) is 0.534. The van der Waals surface area contributed by atoms with Gasteiger partial charge in [-0.05, 0) is 73.2 Å². The fourth-order valence-corrected chi connectivity index (χ4v) is 10.9. The van der Waals surface area contributed by atoms with E-state index in [2.05, 4.69) is 20.8 Å². The Morgan fingerprint density at radius 2 is 1.75 bits per heavy atom. The fraction of sp³-hybridized carbons (Fsp3) is 0.714. The zero-order valence-corrected chi connectivity index (χ0v) is 22.3. The molecule has 8 heteroatoms. The summed E-state index contributed by atoms with van der Waals surface area (Å²) in [6, 6.07) is 8.76. The van der Waals surface area contributed by atoms with Crippen LogP contribution < -0.4 is 0 Å². The SMILES string of the molecule is C[C@@]12CC[C@@H]3[C@@](CC[C@@H]4[C@]5(C)COS(=O)(=O)N(C(=O)OCc6ccccc6)[C@@H]5CC[C@]43C)(CC1=O)C2. The Morgan fingerprint density at radius 3 is 2.50 bits per heavy atom. The number of Topliss-reactive ketones (excluding diaryl/α,β-unsaturated/α-hetero) is 1. The van der Waals surface area contributed by atoms with E-state index in [1.165, 1.54) is 0 Å². The minimum Gasteiger partial charge on any atom is -0.444 e. The summed E-state index contributed by atoms with van der Waals surface area (Å²) in [4.78, 5) is 26.2. The van der Waals surface area contributed by atoms with Gasteiger partial charge in [0.15, 0.2) is 0 Å². The fourth-order valence-electron chi connectivity index (χ4n) is 9.54. The lowest BCUT2D eigenvalue weighted by Crippen LogP contribution is -2.68. The molecule has 5 fully saturated rings. The van der Waals surface area contributed by atoms with Gasteiger partial charge in [-0.2, -0.15) is 12.7 Å². The maximum atomic E-state index is 13.2. The molecule has 36 heavy (non-hydrogen) atoms. The van der Waals surface area contributed by atoms with Crippen LogP contribution in [0.5, 0.6) is 0 Å². The van der Waals surface area contributed by atoms with Crippen LogP contribution in [-0.2, 0) is 30.6 Å². The summed E-state index contributed by atoms with van der Waals surface area (Å²) in [7, 11) is -4.23. The molecule has 1 saturated heterocycles. The molecule has 1 aromatic carbocycles. The summed E-state index contributed by atoms with van der Waals surface area (Å²) in [6.07, 6.45) is 6.18. The molecule has 5 aliphatic rings. The molecule has 4 aliphatic carbocycles. The lowest BCUT2D eigenvalue weighted by atomic mass is 9.40. The van der Waals surface area contributed by atoms with E-state index in [0.717, 1.165) is 48.4 Å². The molecule has 1 amide bonds. The summed E-state index contributed by atoms with van der Waals surface area (Å²) in [5, 5.41) is 0. The Bertz CT molecular complexity index is 1200. The normalized spacial score (nSPS) is 44.8. The van der Waals surface area contributed by atoms with Gasteiger partial charge < -0.3 is 4.74 Å². The molecule has 4 saturated carbocycles. The number of rotatable bonds is 2. The number of amides is 1. The Morgan fingerprint density at radius 1 is 1.03 bits per heavy atom. The third kappa shape index (κ3) is 3.29. The highest BCUT2D eigenvalue weighted by Gasteiger charge is 2.70. The van der Waals surface area contributed by atoms with Crippen molar-refractivity contribution in [3.63, 3.8) is 0 Å². The van der Waals surface area contributed by atoms with E-state index in [4.69, 9.17) is 8.92 Å². The molecule has 1 aliphatic heterocycles. The Kier molecular flexibility index (Phi) is 5.28. The third-order valence-corrected chi connectivity index (χ3v) is 12.4. The molecule has 1 spiro atoms. The molecule has 196 valence electrons. The minimum atomic E-state index is -4.23. The van der Waals surface area contributed by atoms with E-state index in [1.807, 2.05) is 30.3 Å². The van der Waals surface area contributed by atoms with E-state index < -0.39 is 27.9 Å². The molecule has 6 rings (SSSR count). The Labute approximate surface area is 214 Å². The van der Waals surface area contributed by atoms with Gasteiger partial charge in [-0.25, -0.2) is 4.79 Å². The van der Waals surface area contributed by atoms with Crippen LogP contribution in [0.1, 0.15) is 77.7 Å². The first-order valence-electron chi connectivity index (χ1n) is 13.4. The van der Waals surface area contributed by atoms with Crippen LogP contribution in [0.15, 0.2) is 30.3 Å². The predicted octanol–water partition coefficient (Wildman–Crippen LogP) is 5.25. The average Bonchev–Trinajstić information content (AvgIpc) is 3.01. The number of ketones is 1. The second-order valence-corrected chi connectivity index (χ2v) is 14.5. The van der Waals surface area contributed by atoms with Gasteiger partial charge >= 0.3 is 16.4 Å². The van der Waals surface area contributed by atoms with Gasteiger partial charge in [-0.1, -0.05) is 51.1 Å². The zero-order valence-electron chi connectivity index (χ0n) is 21.5. The van der Waals surface area contributed by atoms with Gasteiger partial charge in [-0.3, -0.25) is 8.98 Å². The Balaban J connectivity index is 1.29. The van der Waals surface area contributed by atoms with Crippen molar-refractivity contribution in [1.29, 1.82) is 0 Å². The molecule has 1 aromatic rings. The van der Waals surface area contributed by atoms with Crippen molar-refractivity contribution < 1.29 is 26.9 Å². The van der Waals surface area contributed by atoms with E-state index in [9.17, 15) is 18.0 Å². The standard InChI is InChI=1S/C28H37NO6S/c1-25-12-9-21-26(2)13-11-22-27(3,20(26)10-14-28(21,17-25)15-23(25)30)18-35-36(32,33)29(22)24(31)34-16-19-7-5-4-6-8-19/h4-8,20-22H,9-18H2,1-3H3/t20-,21-,22+,25-,26+,27-,28-/m0/s1. The van der Waals surface area contributed by atoms with Gasteiger partial charge in [-0.15, -0.1) is 0 Å². The first-order valence-corrected chi connectivity index (χ1v) is 14.7. The van der Waals surface area contributed by atoms with Crippen molar-refractivity contribution in [2.75, 3.05) is 6.61 Å². The van der Waals surface area contributed by atoms with Crippen LogP contribution in [0.4, 0.5) is 4.79 Å². The molecular formula is C28H37NO6S. The molecule has 7 nitrogen and oxygen atoms in total. The second-order valence-electron chi connectivity index (χ2n) is 13.0. The summed E-state index contributed by atoms with van der Waals surface area (Å²) in [6.45, 7) is 6.73. The van der Waals surface area contributed by atoms with Gasteiger partial charge in [0.25, 0.3) is 0 Å². The van der Waals surface area contributed by atoms with E-state index in [0.29, 0.717) is 24.5 Å². The minimum absolute atomic E-state index is 0.00760. The number of ether oxygens (including phenoxy) is 1. The van der Waals surface area contributed by atoms with Crippen LogP contribution in [0.2, 0.25) is 0 Å². The highest BCUT2D eigenvalue weighted by molar-refractivity contribution is 7.85. The molecule has 0 N–H and O–H groups in total. The van der Waals surface area contributed by atoms with E-state index >= 15 is 0 Å². The Hall–Kier alpha value is -1.93. The van der Waals surface area contributed by atoms with E-state index in [1.54, 1.807) is 0 Å². The number of hydrogen-bond donors (Lipinski definition) is 0. The smallest absolute Gasteiger partial charge is 0.425 e. The molecular weight excluding hydrogens is 478 g/mol. The van der Waals surface area contributed by atoms with Crippen LogP contribution in [0.3, 0.4) is 0 Å². The molecule has 1 heterocycles. The zero-order chi connectivity index (χ0) is 25.6. The summed E-state index contributed by atoms with van der Waals surface area (Å²) >= 11 is 0. The van der Waals surface area contributed by atoms with Gasteiger partial charge in [0.05, 0.1) is 12.6 Å². The molecule has 2 bridgehead atoms. The third-order valence-electron chi connectivity index (χ3n) is 11.1. The molecule has 0 radical (unpaired) electrons. The maximum Gasteiger partial charge on any atom is 0.425 e. The molecule has 7 atom stereocenters. The van der Waals surface area contributed by atoms with E-state index in [-0.39, 0.29) is 35.4 Å². The van der Waals surface area contributed by atoms with Gasteiger partial charge in [0.1, 0.15) is 12.4 Å². The van der Waals surface area contributed by atoms with Crippen molar-refractivity contribution in [3.8, 4) is 0 Å².